The number of nitrogens with zero attached hydrogens (tertiary/aromatic N) is 2. The number of benzene rings is 1. The zero-order valence-corrected chi connectivity index (χ0v) is 15.6. The second-order valence-electron chi connectivity index (χ2n) is 7.47. The molecule has 0 aromatic heterocycles. The topological polar surface area (TPSA) is 52.7 Å². The highest BCUT2D eigenvalue weighted by Gasteiger charge is 2.32. The third-order valence-corrected chi connectivity index (χ3v) is 5.49. The number of carbonyl (C=O) groups is 2. The summed E-state index contributed by atoms with van der Waals surface area (Å²) in [6, 6.07) is 4.49. The summed E-state index contributed by atoms with van der Waals surface area (Å²) in [5, 5.41) is 3.08. The van der Waals surface area contributed by atoms with Crippen LogP contribution in [0.5, 0.6) is 0 Å². The van der Waals surface area contributed by atoms with Gasteiger partial charge in [-0.3, -0.25) is 4.79 Å². The monoisotopic (exact) mass is 343 g/mol. The highest BCUT2D eigenvalue weighted by atomic mass is 16.2. The molecule has 0 unspecified atom stereocenters. The Balaban J connectivity index is 1.59. The minimum absolute atomic E-state index is 0.0179. The maximum absolute atomic E-state index is 12.6. The van der Waals surface area contributed by atoms with Crippen molar-refractivity contribution in [2.45, 2.75) is 59.0 Å². The Labute approximate surface area is 150 Å². The van der Waals surface area contributed by atoms with Gasteiger partial charge in [0.1, 0.15) is 0 Å². The average Bonchev–Trinajstić information content (AvgIpc) is 3.00. The Morgan fingerprint density at radius 3 is 2.52 bits per heavy atom. The summed E-state index contributed by atoms with van der Waals surface area (Å²) in [6.07, 6.45) is 3.58. The summed E-state index contributed by atoms with van der Waals surface area (Å²) in [6.45, 7) is 9.12. The first-order valence-electron chi connectivity index (χ1n) is 9.34. The molecule has 1 N–H and O–H groups in total. The van der Waals surface area contributed by atoms with Gasteiger partial charge in [-0.15, -0.1) is 0 Å². The van der Waals surface area contributed by atoms with E-state index in [-0.39, 0.29) is 18.0 Å². The minimum Gasteiger partial charge on any atom is -0.338 e. The molecule has 5 heteroatoms. The summed E-state index contributed by atoms with van der Waals surface area (Å²) in [5.41, 5.74) is 4.88. The molecule has 0 bridgehead atoms. The van der Waals surface area contributed by atoms with Crippen molar-refractivity contribution >= 4 is 11.9 Å². The minimum atomic E-state index is -0.0179. The van der Waals surface area contributed by atoms with E-state index < -0.39 is 0 Å². The number of piperidine rings is 1. The van der Waals surface area contributed by atoms with Crippen molar-refractivity contribution in [3.05, 3.63) is 34.4 Å². The lowest BCUT2D eigenvalue weighted by atomic mass is 10.00. The van der Waals surface area contributed by atoms with Crippen molar-refractivity contribution in [2.24, 2.45) is 0 Å². The Morgan fingerprint density at radius 2 is 1.88 bits per heavy atom. The van der Waals surface area contributed by atoms with Crippen molar-refractivity contribution in [3.63, 3.8) is 0 Å². The first-order valence-corrected chi connectivity index (χ1v) is 9.34. The molecule has 2 aliphatic rings. The smallest absolute Gasteiger partial charge is 0.317 e. The number of hydrogen-bond acceptors (Lipinski definition) is 2. The van der Waals surface area contributed by atoms with Gasteiger partial charge in [0.2, 0.25) is 5.91 Å². The van der Waals surface area contributed by atoms with Crippen LogP contribution in [0.3, 0.4) is 0 Å². The molecule has 1 atom stereocenters. The van der Waals surface area contributed by atoms with Crippen molar-refractivity contribution in [3.8, 4) is 0 Å². The lowest BCUT2D eigenvalue weighted by Crippen LogP contribution is -2.52. The van der Waals surface area contributed by atoms with Crippen LogP contribution in [0, 0.1) is 20.8 Å². The molecule has 0 spiro atoms. The number of hydrogen-bond donors (Lipinski definition) is 1. The summed E-state index contributed by atoms with van der Waals surface area (Å²) >= 11 is 0. The van der Waals surface area contributed by atoms with Crippen LogP contribution < -0.4 is 5.32 Å². The van der Waals surface area contributed by atoms with E-state index in [1.165, 1.54) is 22.3 Å². The van der Waals surface area contributed by atoms with E-state index >= 15 is 0 Å². The van der Waals surface area contributed by atoms with Gasteiger partial charge < -0.3 is 15.1 Å². The highest BCUT2D eigenvalue weighted by molar-refractivity contribution is 5.79. The van der Waals surface area contributed by atoms with Gasteiger partial charge in [0.15, 0.2) is 0 Å². The van der Waals surface area contributed by atoms with Gasteiger partial charge in [0.25, 0.3) is 0 Å². The Hall–Kier alpha value is -2.04. The van der Waals surface area contributed by atoms with Crippen LogP contribution in [-0.4, -0.2) is 47.4 Å². The van der Waals surface area contributed by atoms with Crippen LogP contribution in [0.1, 0.15) is 47.9 Å². The van der Waals surface area contributed by atoms with E-state index in [0.717, 1.165) is 32.4 Å². The van der Waals surface area contributed by atoms with Crippen molar-refractivity contribution in [1.82, 2.24) is 15.1 Å². The van der Waals surface area contributed by atoms with Gasteiger partial charge in [-0.25, -0.2) is 4.79 Å². The Bertz CT molecular complexity index is 648. The fourth-order valence-corrected chi connectivity index (χ4v) is 4.21. The van der Waals surface area contributed by atoms with Crippen molar-refractivity contribution < 1.29 is 9.59 Å². The molecule has 2 saturated heterocycles. The zero-order valence-electron chi connectivity index (χ0n) is 15.6. The average molecular weight is 343 g/mol. The molecule has 2 fully saturated rings. The number of amides is 3. The number of aryl methyl sites for hydroxylation is 3. The number of rotatable bonds is 3. The van der Waals surface area contributed by atoms with E-state index in [1.54, 1.807) is 0 Å². The Morgan fingerprint density at radius 1 is 1.16 bits per heavy atom. The second-order valence-corrected chi connectivity index (χ2v) is 7.47. The van der Waals surface area contributed by atoms with E-state index in [4.69, 9.17) is 0 Å². The number of likely N-dealkylation sites (tertiary alicyclic amines) is 2. The molecular weight excluding hydrogens is 314 g/mol. The fourth-order valence-electron chi connectivity index (χ4n) is 4.21. The van der Waals surface area contributed by atoms with Gasteiger partial charge in [-0.05, 0) is 56.7 Å². The highest BCUT2D eigenvalue weighted by Crippen LogP contribution is 2.22. The number of urea groups is 1. The lowest BCUT2D eigenvalue weighted by Gasteiger charge is -2.37. The summed E-state index contributed by atoms with van der Waals surface area (Å²) in [5.74, 6) is 0.248. The quantitative estimate of drug-likeness (QED) is 0.917. The predicted octanol–water partition coefficient (Wildman–Crippen LogP) is 2.91. The van der Waals surface area contributed by atoms with E-state index in [0.29, 0.717) is 19.5 Å². The van der Waals surface area contributed by atoms with Gasteiger partial charge >= 0.3 is 6.03 Å². The first-order chi connectivity index (χ1) is 12.0. The van der Waals surface area contributed by atoms with Crippen LogP contribution >= 0.6 is 0 Å². The molecular formula is C20H29N3O2. The molecule has 2 heterocycles. The molecule has 3 rings (SSSR count). The molecule has 1 aromatic carbocycles. The second kappa shape index (κ2) is 7.46. The van der Waals surface area contributed by atoms with E-state index in [9.17, 15) is 9.59 Å². The largest absolute Gasteiger partial charge is 0.338 e. The predicted molar refractivity (Wildman–Crippen MR) is 98.4 cm³/mol. The van der Waals surface area contributed by atoms with Crippen molar-refractivity contribution in [1.29, 1.82) is 0 Å². The van der Waals surface area contributed by atoms with Gasteiger partial charge in [0, 0.05) is 38.6 Å². The summed E-state index contributed by atoms with van der Waals surface area (Å²) < 4.78 is 0. The van der Waals surface area contributed by atoms with E-state index in [2.05, 4.69) is 38.2 Å². The molecule has 0 saturated carbocycles. The van der Waals surface area contributed by atoms with Gasteiger partial charge in [-0.2, -0.15) is 0 Å². The SMILES string of the molecule is Cc1cc(C)c(CNC(=O)N2CCC[C@H](N3CCCC3=O)C2)c(C)c1. The molecule has 0 aliphatic carbocycles. The molecule has 5 nitrogen and oxygen atoms in total. The molecule has 1 aromatic rings. The van der Waals surface area contributed by atoms with Crippen LogP contribution in [0.25, 0.3) is 0 Å². The molecule has 2 aliphatic heterocycles. The van der Waals surface area contributed by atoms with Crippen LogP contribution in [-0.2, 0) is 11.3 Å². The van der Waals surface area contributed by atoms with Crippen molar-refractivity contribution in [2.75, 3.05) is 19.6 Å². The summed E-state index contributed by atoms with van der Waals surface area (Å²) in [7, 11) is 0. The van der Waals surface area contributed by atoms with E-state index in [1.807, 2.05) is 9.80 Å². The standard InChI is InChI=1S/C20H29N3O2/c1-14-10-15(2)18(16(3)11-14)12-21-20(25)22-8-4-6-17(13-22)23-9-5-7-19(23)24/h10-11,17H,4-9,12-13H2,1-3H3,(H,21,25)/t17-/m0/s1. The Kier molecular flexibility index (Phi) is 5.30. The normalized spacial score (nSPS) is 20.9. The molecule has 0 radical (unpaired) electrons. The molecule has 136 valence electrons. The molecule has 3 amide bonds. The van der Waals surface area contributed by atoms with Crippen LogP contribution in [0.15, 0.2) is 12.1 Å². The van der Waals surface area contributed by atoms with Gasteiger partial charge in [-0.1, -0.05) is 17.7 Å². The lowest BCUT2D eigenvalue weighted by molar-refractivity contribution is -0.130. The maximum atomic E-state index is 12.6. The summed E-state index contributed by atoms with van der Waals surface area (Å²) in [4.78, 5) is 28.4. The fraction of sp³-hybridized carbons (Fsp3) is 0.600. The third-order valence-electron chi connectivity index (χ3n) is 5.49. The van der Waals surface area contributed by atoms with Crippen LogP contribution in [0.4, 0.5) is 4.79 Å². The number of nitrogens with one attached hydrogen (secondary N) is 1. The number of carbonyl (C=O) groups excluding carboxylic acids is 2. The molecule has 25 heavy (non-hydrogen) atoms. The van der Waals surface area contributed by atoms with Gasteiger partial charge in [0.05, 0.1) is 0 Å². The maximum Gasteiger partial charge on any atom is 0.317 e. The zero-order chi connectivity index (χ0) is 18.0. The first kappa shape index (κ1) is 17.8. The van der Waals surface area contributed by atoms with Crippen LogP contribution in [0.2, 0.25) is 0 Å². The third kappa shape index (κ3) is 3.97.